The predicted octanol–water partition coefficient (Wildman–Crippen LogP) is 2.08. The molecule has 78 valence electrons. The van der Waals surface area contributed by atoms with Gasteiger partial charge in [0, 0.05) is 12.6 Å². The van der Waals surface area contributed by atoms with Crippen molar-refractivity contribution in [1.29, 1.82) is 0 Å². The number of carboxylic acid groups (broad SMARTS) is 1. The minimum Gasteiger partial charge on any atom is -0.477 e. The van der Waals surface area contributed by atoms with Crippen LogP contribution in [0.4, 0.5) is 5.13 Å². The van der Waals surface area contributed by atoms with Gasteiger partial charge in [-0.2, -0.15) is 0 Å². The van der Waals surface area contributed by atoms with Crippen molar-refractivity contribution in [2.45, 2.75) is 26.8 Å². The van der Waals surface area contributed by atoms with Crippen molar-refractivity contribution in [3.63, 3.8) is 0 Å². The highest BCUT2D eigenvalue weighted by molar-refractivity contribution is 7.17. The lowest BCUT2D eigenvalue weighted by Crippen LogP contribution is -2.30. The maximum absolute atomic E-state index is 10.6. The van der Waals surface area contributed by atoms with Crippen LogP contribution >= 0.6 is 11.3 Å². The van der Waals surface area contributed by atoms with Gasteiger partial charge in [0.1, 0.15) is 4.88 Å². The van der Waals surface area contributed by atoms with Crippen LogP contribution in [0.5, 0.6) is 0 Å². The van der Waals surface area contributed by atoms with Crippen LogP contribution in [0, 0.1) is 0 Å². The fourth-order valence-corrected chi connectivity index (χ4v) is 2.17. The first-order valence-electron chi connectivity index (χ1n) is 4.52. The molecule has 0 saturated heterocycles. The fourth-order valence-electron chi connectivity index (χ4n) is 1.22. The van der Waals surface area contributed by atoms with Gasteiger partial charge in [-0.25, -0.2) is 9.78 Å². The molecule has 14 heavy (non-hydrogen) atoms. The standard InChI is InChI=1S/C9H14N2O2S/c1-4-11(6(2)3)9-10-5-7(14-9)8(12)13/h5-6H,4H2,1-3H3,(H,12,13). The van der Waals surface area contributed by atoms with Gasteiger partial charge in [-0.1, -0.05) is 11.3 Å². The van der Waals surface area contributed by atoms with E-state index in [9.17, 15) is 4.79 Å². The zero-order chi connectivity index (χ0) is 10.7. The lowest BCUT2D eigenvalue weighted by atomic mass is 10.3. The van der Waals surface area contributed by atoms with Gasteiger partial charge >= 0.3 is 5.97 Å². The van der Waals surface area contributed by atoms with Crippen molar-refractivity contribution in [2.75, 3.05) is 11.4 Å². The number of rotatable bonds is 4. The highest BCUT2D eigenvalue weighted by atomic mass is 32.1. The zero-order valence-electron chi connectivity index (χ0n) is 8.52. The van der Waals surface area contributed by atoms with Crippen LogP contribution in [0.15, 0.2) is 6.20 Å². The summed E-state index contributed by atoms with van der Waals surface area (Å²) in [5, 5.41) is 9.52. The molecule has 0 aromatic carbocycles. The van der Waals surface area contributed by atoms with Crippen molar-refractivity contribution >= 4 is 22.4 Å². The molecule has 0 aliphatic carbocycles. The first kappa shape index (κ1) is 11.0. The Bertz CT molecular complexity index is 322. The average molecular weight is 214 g/mol. The largest absolute Gasteiger partial charge is 0.477 e. The van der Waals surface area contributed by atoms with Crippen molar-refractivity contribution in [1.82, 2.24) is 4.98 Å². The minimum absolute atomic E-state index is 0.291. The molecular formula is C9H14N2O2S. The van der Waals surface area contributed by atoms with Crippen LogP contribution < -0.4 is 4.90 Å². The molecule has 0 bridgehead atoms. The maximum Gasteiger partial charge on any atom is 0.347 e. The lowest BCUT2D eigenvalue weighted by molar-refractivity contribution is 0.0702. The molecule has 1 rings (SSSR count). The summed E-state index contributed by atoms with van der Waals surface area (Å²) in [4.78, 5) is 17.1. The molecule has 0 atom stereocenters. The topological polar surface area (TPSA) is 53.4 Å². The maximum atomic E-state index is 10.6. The number of hydrogen-bond donors (Lipinski definition) is 1. The van der Waals surface area contributed by atoms with E-state index < -0.39 is 5.97 Å². The third-order valence-corrected chi connectivity index (χ3v) is 2.94. The van der Waals surface area contributed by atoms with Crippen LogP contribution in [0.3, 0.4) is 0 Å². The Hall–Kier alpha value is -1.10. The fraction of sp³-hybridized carbons (Fsp3) is 0.556. The molecule has 1 aromatic heterocycles. The monoisotopic (exact) mass is 214 g/mol. The summed E-state index contributed by atoms with van der Waals surface area (Å²) in [5.41, 5.74) is 0. The van der Waals surface area contributed by atoms with Gasteiger partial charge in [-0.05, 0) is 20.8 Å². The van der Waals surface area contributed by atoms with Crippen LogP contribution in [0.25, 0.3) is 0 Å². The van der Waals surface area contributed by atoms with Gasteiger partial charge in [0.25, 0.3) is 0 Å². The Morgan fingerprint density at radius 1 is 1.71 bits per heavy atom. The molecule has 0 radical (unpaired) electrons. The van der Waals surface area contributed by atoms with E-state index in [0.717, 1.165) is 11.7 Å². The molecule has 0 saturated carbocycles. The summed E-state index contributed by atoms with van der Waals surface area (Å²) in [7, 11) is 0. The van der Waals surface area contributed by atoms with Crippen molar-refractivity contribution in [3.05, 3.63) is 11.1 Å². The second kappa shape index (κ2) is 4.41. The van der Waals surface area contributed by atoms with Crippen LogP contribution in [0.1, 0.15) is 30.4 Å². The summed E-state index contributed by atoms with van der Waals surface area (Å²) in [6, 6.07) is 0.341. The molecular weight excluding hydrogens is 200 g/mol. The summed E-state index contributed by atoms with van der Waals surface area (Å²) < 4.78 is 0. The lowest BCUT2D eigenvalue weighted by Gasteiger charge is -2.23. The number of anilines is 1. The molecule has 0 fully saturated rings. The Labute approximate surface area is 87.2 Å². The van der Waals surface area contributed by atoms with Gasteiger partial charge in [0.15, 0.2) is 5.13 Å². The Morgan fingerprint density at radius 2 is 2.36 bits per heavy atom. The molecule has 0 amide bonds. The molecule has 1 N–H and O–H groups in total. The molecule has 0 unspecified atom stereocenters. The normalized spacial score (nSPS) is 10.6. The molecule has 0 aliphatic rings. The van der Waals surface area contributed by atoms with Crippen molar-refractivity contribution < 1.29 is 9.90 Å². The third kappa shape index (κ3) is 2.23. The van der Waals surface area contributed by atoms with Gasteiger partial charge in [-0.15, -0.1) is 0 Å². The van der Waals surface area contributed by atoms with E-state index >= 15 is 0 Å². The number of hydrogen-bond acceptors (Lipinski definition) is 4. The van der Waals surface area contributed by atoms with E-state index in [1.165, 1.54) is 17.5 Å². The van der Waals surface area contributed by atoms with E-state index in [-0.39, 0.29) is 0 Å². The summed E-state index contributed by atoms with van der Waals surface area (Å²) in [6.07, 6.45) is 1.41. The number of nitrogens with zero attached hydrogens (tertiary/aromatic N) is 2. The number of aromatic carboxylic acids is 1. The molecule has 1 aromatic rings. The Balaban J connectivity index is 2.89. The highest BCUT2D eigenvalue weighted by Crippen LogP contribution is 2.23. The molecule has 5 heteroatoms. The van der Waals surface area contributed by atoms with Crippen LogP contribution in [0.2, 0.25) is 0 Å². The summed E-state index contributed by atoms with van der Waals surface area (Å²) in [5.74, 6) is -0.909. The second-order valence-corrected chi connectivity index (χ2v) is 4.20. The van der Waals surface area contributed by atoms with E-state index in [4.69, 9.17) is 5.11 Å². The summed E-state index contributed by atoms with van der Waals surface area (Å²) >= 11 is 1.22. The van der Waals surface area contributed by atoms with Crippen LogP contribution in [-0.2, 0) is 0 Å². The second-order valence-electron chi connectivity index (χ2n) is 3.19. The van der Waals surface area contributed by atoms with E-state index in [2.05, 4.69) is 23.7 Å². The van der Waals surface area contributed by atoms with Gasteiger partial charge in [-0.3, -0.25) is 0 Å². The SMILES string of the molecule is CCN(c1ncc(C(=O)O)s1)C(C)C. The number of carboxylic acids is 1. The first-order valence-corrected chi connectivity index (χ1v) is 5.33. The first-order chi connectivity index (χ1) is 6.56. The van der Waals surface area contributed by atoms with Gasteiger partial charge in [0.2, 0.25) is 0 Å². The quantitative estimate of drug-likeness (QED) is 0.833. The average Bonchev–Trinajstić information content (AvgIpc) is 2.53. The third-order valence-electron chi connectivity index (χ3n) is 1.91. The smallest absolute Gasteiger partial charge is 0.347 e. The van der Waals surface area contributed by atoms with E-state index in [1.807, 2.05) is 6.92 Å². The van der Waals surface area contributed by atoms with E-state index in [0.29, 0.717) is 10.9 Å². The van der Waals surface area contributed by atoms with Crippen molar-refractivity contribution in [2.24, 2.45) is 0 Å². The van der Waals surface area contributed by atoms with Gasteiger partial charge in [0.05, 0.1) is 6.20 Å². The van der Waals surface area contributed by atoms with E-state index in [1.54, 1.807) is 0 Å². The van der Waals surface area contributed by atoms with Gasteiger partial charge < -0.3 is 10.0 Å². The predicted molar refractivity (Wildman–Crippen MR) is 57.2 cm³/mol. The van der Waals surface area contributed by atoms with Crippen molar-refractivity contribution in [3.8, 4) is 0 Å². The highest BCUT2D eigenvalue weighted by Gasteiger charge is 2.15. The number of carbonyl (C=O) groups is 1. The molecule has 1 heterocycles. The zero-order valence-corrected chi connectivity index (χ0v) is 9.34. The molecule has 0 aliphatic heterocycles. The Morgan fingerprint density at radius 3 is 2.71 bits per heavy atom. The molecule has 0 spiro atoms. The molecule has 4 nitrogen and oxygen atoms in total. The number of thiazole rings is 1. The minimum atomic E-state index is -0.909. The Kier molecular flexibility index (Phi) is 3.46. The number of aromatic nitrogens is 1. The van der Waals surface area contributed by atoms with Crippen LogP contribution in [-0.4, -0.2) is 28.6 Å². The summed E-state index contributed by atoms with van der Waals surface area (Å²) in [6.45, 7) is 6.99.